The third kappa shape index (κ3) is 6.98. The van der Waals surface area contributed by atoms with Crippen molar-refractivity contribution in [2.24, 2.45) is 0 Å². The van der Waals surface area contributed by atoms with E-state index < -0.39 is 0 Å². The molecule has 2 amide bonds. The highest BCUT2D eigenvalue weighted by atomic mass is 16.5. The Balaban J connectivity index is 1.95. The zero-order valence-electron chi connectivity index (χ0n) is 18.1. The number of aryl methyl sites for hydroxylation is 1. The Kier molecular flexibility index (Phi) is 8.80. The quantitative estimate of drug-likeness (QED) is 0.573. The molecule has 0 aliphatic rings. The number of carbonyl (C=O) groups excluding carboxylic acids is 1. The highest BCUT2D eigenvalue weighted by molar-refractivity contribution is 5.90. The molecule has 0 saturated heterocycles. The fraction of sp³-hybridized carbons (Fsp3) is 0.435. The van der Waals surface area contributed by atoms with Crippen LogP contribution in [0.15, 0.2) is 42.5 Å². The maximum Gasteiger partial charge on any atom is 0.319 e. The van der Waals surface area contributed by atoms with Gasteiger partial charge in [0.25, 0.3) is 0 Å². The van der Waals surface area contributed by atoms with E-state index in [0.717, 1.165) is 41.2 Å². The SMILES string of the molecule is CCCCOc1ccc(NC(=O)NCC(c2cccc(OC)c2)N(C)C)c(C)c1. The summed E-state index contributed by atoms with van der Waals surface area (Å²) >= 11 is 0. The first-order valence-corrected chi connectivity index (χ1v) is 10.0. The molecule has 2 aromatic rings. The van der Waals surface area contributed by atoms with Gasteiger partial charge < -0.3 is 25.0 Å². The van der Waals surface area contributed by atoms with E-state index in [-0.39, 0.29) is 12.1 Å². The summed E-state index contributed by atoms with van der Waals surface area (Å²) in [5.74, 6) is 1.63. The molecule has 29 heavy (non-hydrogen) atoms. The van der Waals surface area contributed by atoms with Crippen LogP contribution in [0.25, 0.3) is 0 Å². The maximum atomic E-state index is 12.4. The summed E-state index contributed by atoms with van der Waals surface area (Å²) < 4.78 is 11.0. The fourth-order valence-electron chi connectivity index (χ4n) is 3.00. The lowest BCUT2D eigenvalue weighted by Gasteiger charge is -2.25. The second-order valence-electron chi connectivity index (χ2n) is 7.27. The number of unbranched alkanes of at least 4 members (excludes halogenated alkanes) is 1. The molecule has 0 saturated carbocycles. The summed E-state index contributed by atoms with van der Waals surface area (Å²) in [4.78, 5) is 14.5. The molecule has 1 unspecified atom stereocenters. The fourth-order valence-corrected chi connectivity index (χ4v) is 3.00. The summed E-state index contributed by atoms with van der Waals surface area (Å²) in [6.45, 7) is 5.28. The van der Waals surface area contributed by atoms with Gasteiger partial charge in [0.1, 0.15) is 11.5 Å². The third-order valence-corrected chi connectivity index (χ3v) is 4.77. The standard InChI is InChI=1S/C23H33N3O3/c1-6-7-13-29-20-11-12-21(17(2)14-20)25-23(27)24-16-22(26(3)4)18-9-8-10-19(15-18)28-5/h8-12,14-15,22H,6-7,13,16H2,1-5H3,(H2,24,25,27). The summed E-state index contributed by atoms with van der Waals surface area (Å²) in [6.07, 6.45) is 2.13. The highest BCUT2D eigenvalue weighted by Crippen LogP contribution is 2.23. The van der Waals surface area contributed by atoms with Gasteiger partial charge in [-0.1, -0.05) is 25.5 Å². The minimum Gasteiger partial charge on any atom is -0.497 e. The molecule has 1 atom stereocenters. The number of methoxy groups -OCH3 is 1. The van der Waals surface area contributed by atoms with Crippen molar-refractivity contribution in [2.75, 3.05) is 39.7 Å². The van der Waals surface area contributed by atoms with E-state index in [1.54, 1.807) is 7.11 Å². The second-order valence-corrected chi connectivity index (χ2v) is 7.27. The van der Waals surface area contributed by atoms with Crippen molar-refractivity contribution in [3.8, 4) is 11.5 Å². The van der Waals surface area contributed by atoms with Gasteiger partial charge in [-0.3, -0.25) is 0 Å². The largest absolute Gasteiger partial charge is 0.497 e. The van der Waals surface area contributed by atoms with E-state index in [2.05, 4.69) is 22.5 Å². The Hall–Kier alpha value is -2.73. The predicted octanol–water partition coefficient (Wildman–Crippen LogP) is 4.61. The van der Waals surface area contributed by atoms with E-state index in [1.165, 1.54) is 0 Å². The van der Waals surface area contributed by atoms with Crippen LogP contribution < -0.4 is 20.1 Å². The van der Waals surface area contributed by atoms with E-state index in [9.17, 15) is 4.79 Å². The van der Waals surface area contributed by atoms with Crippen molar-refractivity contribution in [3.63, 3.8) is 0 Å². The van der Waals surface area contributed by atoms with Gasteiger partial charge in [-0.25, -0.2) is 4.79 Å². The molecular weight excluding hydrogens is 366 g/mol. The number of anilines is 1. The predicted molar refractivity (Wildman–Crippen MR) is 118 cm³/mol. The molecule has 0 radical (unpaired) electrons. The normalized spacial score (nSPS) is 11.8. The van der Waals surface area contributed by atoms with Gasteiger partial charge in [0, 0.05) is 12.2 Å². The molecule has 158 valence electrons. The summed E-state index contributed by atoms with van der Waals surface area (Å²) in [7, 11) is 5.63. The monoisotopic (exact) mass is 399 g/mol. The van der Waals surface area contributed by atoms with Crippen LogP contribution in [0.4, 0.5) is 10.5 Å². The Labute approximate surface area is 174 Å². The lowest BCUT2D eigenvalue weighted by molar-refractivity contribution is 0.243. The van der Waals surface area contributed by atoms with Gasteiger partial charge in [-0.2, -0.15) is 0 Å². The molecule has 0 aliphatic heterocycles. The molecule has 0 aromatic heterocycles. The molecule has 2 N–H and O–H groups in total. The smallest absolute Gasteiger partial charge is 0.319 e. The third-order valence-electron chi connectivity index (χ3n) is 4.77. The van der Waals surface area contributed by atoms with Crippen LogP contribution in [0.2, 0.25) is 0 Å². The maximum absolute atomic E-state index is 12.4. The number of amides is 2. The Morgan fingerprint density at radius 3 is 2.59 bits per heavy atom. The molecule has 6 heteroatoms. The van der Waals surface area contributed by atoms with Gasteiger partial charge in [-0.15, -0.1) is 0 Å². The zero-order valence-corrected chi connectivity index (χ0v) is 18.1. The van der Waals surface area contributed by atoms with Crippen LogP contribution in [-0.4, -0.2) is 45.3 Å². The first kappa shape index (κ1) is 22.6. The van der Waals surface area contributed by atoms with Crippen molar-refractivity contribution in [1.82, 2.24) is 10.2 Å². The second kappa shape index (κ2) is 11.3. The lowest BCUT2D eigenvalue weighted by atomic mass is 10.1. The number of benzene rings is 2. The number of nitrogens with one attached hydrogen (secondary N) is 2. The molecule has 0 heterocycles. The van der Waals surface area contributed by atoms with E-state index >= 15 is 0 Å². The van der Waals surface area contributed by atoms with E-state index in [4.69, 9.17) is 9.47 Å². The van der Waals surface area contributed by atoms with Crippen LogP contribution in [-0.2, 0) is 0 Å². The molecule has 2 rings (SSSR count). The Morgan fingerprint density at radius 1 is 1.14 bits per heavy atom. The molecule has 0 spiro atoms. The molecule has 0 bridgehead atoms. The Morgan fingerprint density at radius 2 is 1.93 bits per heavy atom. The van der Waals surface area contributed by atoms with Crippen LogP contribution >= 0.6 is 0 Å². The van der Waals surface area contributed by atoms with Gasteiger partial charge in [-0.05, 0) is 68.9 Å². The topological polar surface area (TPSA) is 62.8 Å². The highest BCUT2D eigenvalue weighted by Gasteiger charge is 2.16. The van der Waals surface area contributed by atoms with Crippen molar-refractivity contribution < 1.29 is 14.3 Å². The lowest BCUT2D eigenvalue weighted by Crippen LogP contribution is -2.37. The number of nitrogens with zero attached hydrogens (tertiary/aromatic N) is 1. The molecule has 0 aliphatic carbocycles. The number of hydrogen-bond acceptors (Lipinski definition) is 4. The minimum atomic E-state index is -0.234. The van der Waals surface area contributed by atoms with Crippen LogP contribution in [0.5, 0.6) is 11.5 Å². The van der Waals surface area contributed by atoms with Crippen molar-refractivity contribution in [2.45, 2.75) is 32.7 Å². The molecule has 6 nitrogen and oxygen atoms in total. The van der Waals surface area contributed by atoms with Crippen LogP contribution in [0, 0.1) is 6.92 Å². The molecule has 0 fully saturated rings. The van der Waals surface area contributed by atoms with Crippen LogP contribution in [0.3, 0.4) is 0 Å². The number of ether oxygens (including phenoxy) is 2. The zero-order chi connectivity index (χ0) is 21.2. The van der Waals surface area contributed by atoms with Gasteiger partial charge >= 0.3 is 6.03 Å². The van der Waals surface area contributed by atoms with Crippen LogP contribution in [0.1, 0.15) is 36.9 Å². The number of likely N-dealkylation sites (N-methyl/N-ethyl adjacent to an activating group) is 1. The first-order chi connectivity index (χ1) is 13.9. The van der Waals surface area contributed by atoms with Gasteiger partial charge in [0.05, 0.1) is 19.8 Å². The van der Waals surface area contributed by atoms with E-state index in [0.29, 0.717) is 13.2 Å². The average Bonchev–Trinajstić information content (AvgIpc) is 2.70. The first-order valence-electron chi connectivity index (χ1n) is 10.0. The van der Waals surface area contributed by atoms with Gasteiger partial charge in [0.2, 0.25) is 0 Å². The number of urea groups is 1. The van der Waals surface area contributed by atoms with Gasteiger partial charge in [0.15, 0.2) is 0 Å². The molecular formula is C23H33N3O3. The summed E-state index contributed by atoms with van der Waals surface area (Å²) in [6, 6.07) is 13.4. The van der Waals surface area contributed by atoms with E-state index in [1.807, 2.05) is 63.5 Å². The average molecular weight is 400 g/mol. The van der Waals surface area contributed by atoms with Crippen molar-refractivity contribution in [3.05, 3.63) is 53.6 Å². The minimum absolute atomic E-state index is 0.0336. The number of rotatable bonds is 10. The number of carbonyl (C=O) groups is 1. The number of hydrogen-bond donors (Lipinski definition) is 2. The van der Waals surface area contributed by atoms with Crippen molar-refractivity contribution in [1.29, 1.82) is 0 Å². The summed E-state index contributed by atoms with van der Waals surface area (Å²) in [5, 5.41) is 5.89. The molecule has 2 aromatic carbocycles. The van der Waals surface area contributed by atoms with Crippen molar-refractivity contribution >= 4 is 11.7 Å². The summed E-state index contributed by atoms with van der Waals surface area (Å²) in [5.41, 5.74) is 2.82. The Bertz CT molecular complexity index is 793.